The van der Waals surface area contributed by atoms with Gasteiger partial charge >= 0.3 is 0 Å². The average Bonchev–Trinajstić information content (AvgIpc) is 2.63. The highest BCUT2D eigenvalue weighted by atomic mass is 32.1. The topological polar surface area (TPSA) is 31.4 Å². The molecule has 1 aliphatic heterocycles. The van der Waals surface area contributed by atoms with Gasteiger partial charge in [0.25, 0.3) is 0 Å². The molecule has 3 rings (SSSR count). The fourth-order valence-corrected chi connectivity index (χ4v) is 3.31. The fraction of sp³-hybridized carbons (Fsp3) is 0.400. The van der Waals surface area contributed by atoms with Crippen LogP contribution in [-0.2, 0) is 6.54 Å². The summed E-state index contributed by atoms with van der Waals surface area (Å²) in [6, 6.07) is 12.7. The van der Waals surface area contributed by atoms with E-state index in [2.05, 4.69) is 70.3 Å². The van der Waals surface area contributed by atoms with Crippen LogP contribution >= 0.6 is 12.2 Å². The number of piperazine rings is 1. The number of pyridine rings is 1. The Morgan fingerprint density at radius 1 is 1.04 bits per heavy atom. The van der Waals surface area contributed by atoms with Crippen LogP contribution in [0.5, 0.6) is 0 Å². The Morgan fingerprint density at radius 3 is 2.28 bits per heavy atom. The molecule has 0 bridgehead atoms. The third-order valence-corrected chi connectivity index (χ3v) is 5.00. The molecule has 1 N–H and O–H groups in total. The summed E-state index contributed by atoms with van der Waals surface area (Å²) in [5, 5.41) is 4.19. The maximum Gasteiger partial charge on any atom is 0.173 e. The number of thiocarbonyl (C=S) groups is 1. The highest BCUT2D eigenvalue weighted by Gasteiger charge is 2.19. The maximum atomic E-state index is 5.60. The molecule has 1 saturated heterocycles. The molecule has 1 aliphatic rings. The van der Waals surface area contributed by atoms with Crippen molar-refractivity contribution < 1.29 is 0 Å². The third-order valence-electron chi connectivity index (χ3n) is 4.64. The monoisotopic (exact) mass is 354 g/mol. The molecule has 0 unspecified atom stereocenters. The van der Waals surface area contributed by atoms with E-state index in [1.165, 1.54) is 11.1 Å². The van der Waals surface area contributed by atoms with Crippen LogP contribution < -0.4 is 5.32 Å². The maximum absolute atomic E-state index is 5.60. The van der Waals surface area contributed by atoms with E-state index in [9.17, 15) is 0 Å². The number of hydrogen-bond acceptors (Lipinski definition) is 3. The van der Waals surface area contributed by atoms with Crippen LogP contribution in [0.2, 0.25) is 0 Å². The largest absolute Gasteiger partial charge is 0.346 e. The summed E-state index contributed by atoms with van der Waals surface area (Å²) < 4.78 is 0. The van der Waals surface area contributed by atoms with Gasteiger partial charge in [0.1, 0.15) is 0 Å². The van der Waals surface area contributed by atoms with Gasteiger partial charge in [-0.05, 0) is 53.5 Å². The molecule has 0 spiro atoms. The van der Waals surface area contributed by atoms with Crippen molar-refractivity contribution in [2.24, 2.45) is 0 Å². The van der Waals surface area contributed by atoms with E-state index in [1.807, 2.05) is 12.4 Å². The van der Waals surface area contributed by atoms with E-state index in [0.29, 0.717) is 5.92 Å². The Hall–Kier alpha value is -1.98. The molecule has 4 nitrogen and oxygen atoms in total. The number of benzene rings is 1. The molecule has 1 aromatic heterocycles. The Kier molecular flexibility index (Phi) is 6.00. The van der Waals surface area contributed by atoms with Crippen LogP contribution in [0.4, 0.5) is 5.69 Å². The molecule has 1 aromatic carbocycles. The lowest BCUT2D eigenvalue weighted by molar-refractivity contribution is 0.177. The van der Waals surface area contributed by atoms with E-state index in [0.717, 1.165) is 43.5 Å². The minimum Gasteiger partial charge on any atom is -0.346 e. The van der Waals surface area contributed by atoms with Gasteiger partial charge in [-0.2, -0.15) is 0 Å². The summed E-state index contributed by atoms with van der Waals surface area (Å²) in [7, 11) is 0. The first-order valence-electron chi connectivity index (χ1n) is 8.89. The smallest absolute Gasteiger partial charge is 0.173 e. The van der Waals surface area contributed by atoms with Crippen molar-refractivity contribution in [1.29, 1.82) is 0 Å². The number of nitrogens with zero attached hydrogens (tertiary/aromatic N) is 3. The van der Waals surface area contributed by atoms with Crippen molar-refractivity contribution >= 4 is 23.0 Å². The quantitative estimate of drug-likeness (QED) is 0.846. The van der Waals surface area contributed by atoms with Gasteiger partial charge in [0, 0.05) is 50.8 Å². The fourth-order valence-electron chi connectivity index (χ4n) is 3.01. The Labute approximate surface area is 155 Å². The van der Waals surface area contributed by atoms with E-state index < -0.39 is 0 Å². The van der Waals surface area contributed by atoms with Crippen LogP contribution in [0.3, 0.4) is 0 Å². The molecule has 0 atom stereocenters. The van der Waals surface area contributed by atoms with Gasteiger partial charge in [-0.25, -0.2) is 0 Å². The lowest BCUT2D eigenvalue weighted by Crippen LogP contribution is -2.49. The van der Waals surface area contributed by atoms with Crippen molar-refractivity contribution in [3.05, 3.63) is 59.9 Å². The summed E-state index contributed by atoms with van der Waals surface area (Å²) in [5.41, 5.74) is 3.73. The second-order valence-electron chi connectivity index (χ2n) is 6.83. The lowest BCUT2D eigenvalue weighted by atomic mass is 10.0. The van der Waals surface area contributed by atoms with E-state index in [4.69, 9.17) is 12.2 Å². The molecule has 0 aliphatic carbocycles. The second kappa shape index (κ2) is 8.41. The van der Waals surface area contributed by atoms with Gasteiger partial charge in [-0.3, -0.25) is 9.88 Å². The predicted octanol–water partition coefficient (Wildman–Crippen LogP) is 3.72. The Balaban J connectivity index is 1.48. The molecule has 1 fully saturated rings. The number of rotatable bonds is 4. The SMILES string of the molecule is CC(C)c1ccc(NC(=S)N2CCN(Cc3ccncc3)CC2)cc1. The first-order valence-corrected chi connectivity index (χ1v) is 9.30. The molecule has 132 valence electrons. The van der Waals surface area contributed by atoms with E-state index in [-0.39, 0.29) is 0 Å². The first kappa shape index (κ1) is 17.8. The number of aromatic nitrogens is 1. The minimum atomic E-state index is 0.550. The predicted molar refractivity (Wildman–Crippen MR) is 108 cm³/mol. The summed E-state index contributed by atoms with van der Waals surface area (Å²) in [6.07, 6.45) is 3.71. The molecule has 5 heteroatoms. The number of nitrogens with one attached hydrogen (secondary N) is 1. The third kappa shape index (κ3) is 5.00. The zero-order valence-electron chi connectivity index (χ0n) is 15.0. The zero-order chi connectivity index (χ0) is 17.6. The van der Waals surface area contributed by atoms with Gasteiger partial charge in [0.15, 0.2) is 5.11 Å². The van der Waals surface area contributed by atoms with Crippen LogP contribution in [0.25, 0.3) is 0 Å². The number of hydrogen-bond donors (Lipinski definition) is 1. The van der Waals surface area contributed by atoms with Gasteiger partial charge in [0.05, 0.1) is 0 Å². The summed E-state index contributed by atoms with van der Waals surface area (Å²) in [5.74, 6) is 0.550. The van der Waals surface area contributed by atoms with Crippen molar-refractivity contribution in [3.8, 4) is 0 Å². The molecule has 2 aromatic rings. The Bertz CT molecular complexity index is 677. The van der Waals surface area contributed by atoms with Crippen molar-refractivity contribution in [2.45, 2.75) is 26.3 Å². The summed E-state index contributed by atoms with van der Waals surface area (Å²) in [4.78, 5) is 8.80. The van der Waals surface area contributed by atoms with Crippen molar-refractivity contribution in [1.82, 2.24) is 14.8 Å². The first-order chi connectivity index (χ1) is 12.1. The molecule has 2 heterocycles. The Morgan fingerprint density at radius 2 is 1.68 bits per heavy atom. The molecule has 0 amide bonds. The molecule has 0 radical (unpaired) electrons. The zero-order valence-corrected chi connectivity index (χ0v) is 15.8. The van der Waals surface area contributed by atoms with Crippen LogP contribution in [0, 0.1) is 0 Å². The second-order valence-corrected chi connectivity index (χ2v) is 7.21. The summed E-state index contributed by atoms with van der Waals surface area (Å²) in [6.45, 7) is 9.36. The van der Waals surface area contributed by atoms with E-state index >= 15 is 0 Å². The minimum absolute atomic E-state index is 0.550. The normalized spacial score (nSPS) is 15.4. The lowest BCUT2D eigenvalue weighted by Gasteiger charge is -2.36. The van der Waals surface area contributed by atoms with Crippen LogP contribution in [0.15, 0.2) is 48.8 Å². The molecule has 25 heavy (non-hydrogen) atoms. The molecular weight excluding hydrogens is 328 g/mol. The van der Waals surface area contributed by atoms with Crippen LogP contribution in [-0.4, -0.2) is 46.1 Å². The molecule has 0 saturated carbocycles. The molecular formula is C20H26N4S. The summed E-state index contributed by atoms with van der Waals surface area (Å²) >= 11 is 5.60. The van der Waals surface area contributed by atoms with Gasteiger partial charge < -0.3 is 10.2 Å². The van der Waals surface area contributed by atoms with Crippen LogP contribution in [0.1, 0.15) is 30.9 Å². The van der Waals surface area contributed by atoms with Crippen molar-refractivity contribution in [3.63, 3.8) is 0 Å². The van der Waals surface area contributed by atoms with Gasteiger partial charge in [-0.15, -0.1) is 0 Å². The van der Waals surface area contributed by atoms with Gasteiger partial charge in [0.2, 0.25) is 0 Å². The van der Waals surface area contributed by atoms with Gasteiger partial charge in [-0.1, -0.05) is 26.0 Å². The van der Waals surface area contributed by atoms with E-state index in [1.54, 1.807) is 0 Å². The number of anilines is 1. The highest BCUT2D eigenvalue weighted by Crippen LogP contribution is 2.18. The standard InChI is InChI=1S/C20H26N4S/c1-16(2)18-3-5-19(6-4-18)22-20(25)24-13-11-23(12-14-24)15-17-7-9-21-10-8-17/h3-10,16H,11-15H2,1-2H3,(H,22,25). The highest BCUT2D eigenvalue weighted by molar-refractivity contribution is 7.80. The van der Waals surface area contributed by atoms with Crippen molar-refractivity contribution in [2.75, 3.05) is 31.5 Å². The average molecular weight is 355 g/mol.